The molecule has 1 aromatic carbocycles. The number of benzene rings is 1. The number of amides is 1. The topological polar surface area (TPSA) is 79.4 Å². The minimum absolute atomic E-state index is 0.180. The molecule has 0 bridgehead atoms. The van der Waals surface area contributed by atoms with Gasteiger partial charge in [-0.3, -0.25) is 14.1 Å². The Kier molecular flexibility index (Phi) is 4.91. The summed E-state index contributed by atoms with van der Waals surface area (Å²) in [6, 6.07) is 14.4. The molecule has 2 aromatic heterocycles. The van der Waals surface area contributed by atoms with Gasteiger partial charge in [0.25, 0.3) is 5.91 Å². The van der Waals surface area contributed by atoms with Crippen LogP contribution in [0, 0.1) is 6.92 Å². The third kappa shape index (κ3) is 3.65. The average molecular weight is 414 g/mol. The van der Waals surface area contributed by atoms with Crippen LogP contribution in [0.25, 0.3) is 10.6 Å². The van der Waals surface area contributed by atoms with Crippen LogP contribution in [0.3, 0.4) is 0 Å². The number of carbonyl (C=O) groups is 1. The molecule has 1 amide bonds. The first kappa shape index (κ1) is 18.6. The van der Waals surface area contributed by atoms with Gasteiger partial charge in [0.15, 0.2) is 0 Å². The second kappa shape index (κ2) is 7.37. The highest BCUT2D eigenvalue weighted by molar-refractivity contribution is 7.93. The number of aromatic nitrogens is 1. The maximum Gasteiger partial charge on any atom is 0.257 e. The third-order valence-electron chi connectivity index (χ3n) is 4.62. The van der Waals surface area contributed by atoms with Crippen LogP contribution in [0.1, 0.15) is 22.5 Å². The maximum absolute atomic E-state index is 12.6. The Hall–Kier alpha value is -2.71. The van der Waals surface area contributed by atoms with E-state index in [4.69, 9.17) is 0 Å². The van der Waals surface area contributed by atoms with Crippen molar-refractivity contribution in [2.24, 2.45) is 0 Å². The van der Waals surface area contributed by atoms with E-state index >= 15 is 0 Å². The van der Waals surface area contributed by atoms with E-state index in [1.807, 2.05) is 30.5 Å². The Bertz CT molecular complexity index is 1110. The van der Waals surface area contributed by atoms with Crippen molar-refractivity contribution in [3.05, 3.63) is 65.2 Å². The molecule has 0 unspecified atom stereocenters. The normalized spacial score (nSPS) is 15.5. The van der Waals surface area contributed by atoms with E-state index in [0.29, 0.717) is 35.6 Å². The van der Waals surface area contributed by atoms with Gasteiger partial charge in [-0.1, -0.05) is 6.07 Å². The molecule has 1 aliphatic rings. The van der Waals surface area contributed by atoms with Gasteiger partial charge in [-0.05, 0) is 61.2 Å². The number of aryl methyl sites for hydroxylation is 1. The highest BCUT2D eigenvalue weighted by atomic mass is 32.2. The van der Waals surface area contributed by atoms with E-state index in [9.17, 15) is 13.2 Å². The second-order valence-electron chi connectivity index (χ2n) is 6.55. The molecule has 1 fully saturated rings. The van der Waals surface area contributed by atoms with Crippen LogP contribution in [0.4, 0.5) is 11.4 Å². The number of rotatable bonds is 4. The molecule has 0 aliphatic carbocycles. The molecule has 1 saturated heterocycles. The Labute approximate surface area is 167 Å². The summed E-state index contributed by atoms with van der Waals surface area (Å²) < 4.78 is 25.4. The van der Waals surface area contributed by atoms with Gasteiger partial charge in [0, 0.05) is 12.2 Å². The number of nitrogens with zero attached hydrogens (tertiary/aromatic N) is 2. The first-order valence-corrected chi connectivity index (χ1v) is 11.4. The van der Waals surface area contributed by atoms with Crippen LogP contribution in [-0.2, 0) is 10.0 Å². The summed E-state index contributed by atoms with van der Waals surface area (Å²) in [5.74, 6) is -0.0662. The Balaban J connectivity index is 1.49. The summed E-state index contributed by atoms with van der Waals surface area (Å²) in [6.07, 6.45) is 0.633. The van der Waals surface area contributed by atoms with Crippen molar-refractivity contribution in [3.63, 3.8) is 0 Å². The molecule has 0 radical (unpaired) electrons. The summed E-state index contributed by atoms with van der Waals surface area (Å²) in [4.78, 5) is 18.2. The van der Waals surface area contributed by atoms with Crippen molar-refractivity contribution < 1.29 is 13.2 Å². The van der Waals surface area contributed by atoms with E-state index in [2.05, 4.69) is 10.3 Å². The van der Waals surface area contributed by atoms with Gasteiger partial charge in [0.1, 0.15) is 0 Å². The van der Waals surface area contributed by atoms with Crippen molar-refractivity contribution in [1.82, 2.24) is 4.98 Å². The highest BCUT2D eigenvalue weighted by Gasteiger charge is 2.28. The van der Waals surface area contributed by atoms with Gasteiger partial charge in [0.05, 0.1) is 33.3 Å². The summed E-state index contributed by atoms with van der Waals surface area (Å²) in [5.41, 5.74) is 3.23. The summed E-state index contributed by atoms with van der Waals surface area (Å²) in [6.45, 7) is 2.31. The largest absolute Gasteiger partial charge is 0.322 e. The Morgan fingerprint density at radius 1 is 1.14 bits per heavy atom. The van der Waals surface area contributed by atoms with E-state index < -0.39 is 10.0 Å². The van der Waals surface area contributed by atoms with E-state index in [1.165, 1.54) is 4.31 Å². The smallest absolute Gasteiger partial charge is 0.257 e. The highest BCUT2D eigenvalue weighted by Crippen LogP contribution is 2.26. The van der Waals surface area contributed by atoms with Gasteiger partial charge in [-0.2, -0.15) is 0 Å². The van der Waals surface area contributed by atoms with Crippen molar-refractivity contribution in [2.45, 2.75) is 13.3 Å². The fourth-order valence-electron chi connectivity index (χ4n) is 3.20. The van der Waals surface area contributed by atoms with Crippen LogP contribution < -0.4 is 9.62 Å². The monoisotopic (exact) mass is 413 g/mol. The Morgan fingerprint density at radius 3 is 2.54 bits per heavy atom. The number of pyridine rings is 1. The molecule has 4 rings (SSSR count). The zero-order valence-electron chi connectivity index (χ0n) is 15.3. The standard InChI is InChI=1S/C20H19N3O3S2/c1-14-17(9-10-18(21-14)19-4-2-12-27-19)20(24)22-15-5-7-16(8-6-15)23-11-3-13-28(23,25)26/h2,4-10,12H,3,11,13H2,1H3,(H,22,24). The molecule has 1 aliphatic heterocycles. The number of carbonyl (C=O) groups excluding carboxylic acids is 1. The van der Waals surface area contributed by atoms with Gasteiger partial charge >= 0.3 is 0 Å². The van der Waals surface area contributed by atoms with Crippen LogP contribution in [0.2, 0.25) is 0 Å². The van der Waals surface area contributed by atoms with Crippen molar-refractivity contribution in [2.75, 3.05) is 21.9 Å². The fourth-order valence-corrected chi connectivity index (χ4v) is 5.46. The molecule has 0 saturated carbocycles. The first-order valence-electron chi connectivity index (χ1n) is 8.87. The van der Waals surface area contributed by atoms with Gasteiger partial charge in [-0.15, -0.1) is 11.3 Å². The molecule has 8 heteroatoms. The molecular weight excluding hydrogens is 394 g/mol. The van der Waals surface area contributed by atoms with Crippen LogP contribution in [0.15, 0.2) is 53.9 Å². The van der Waals surface area contributed by atoms with Crippen molar-refractivity contribution in [1.29, 1.82) is 0 Å². The van der Waals surface area contributed by atoms with Crippen LogP contribution in [-0.4, -0.2) is 31.6 Å². The van der Waals surface area contributed by atoms with Gasteiger partial charge in [-0.25, -0.2) is 8.42 Å². The molecule has 1 N–H and O–H groups in total. The Morgan fingerprint density at radius 2 is 1.93 bits per heavy atom. The van der Waals surface area contributed by atoms with Gasteiger partial charge < -0.3 is 5.32 Å². The summed E-state index contributed by atoms with van der Waals surface area (Å²) >= 11 is 1.60. The number of hydrogen-bond acceptors (Lipinski definition) is 5. The zero-order chi connectivity index (χ0) is 19.7. The lowest BCUT2D eigenvalue weighted by Gasteiger charge is -2.17. The lowest BCUT2D eigenvalue weighted by atomic mass is 10.1. The molecule has 0 atom stereocenters. The summed E-state index contributed by atoms with van der Waals surface area (Å²) in [7, 11) is -3.21. The first-order chi connectivity index (χ1) is 13.4. The average Bonchev–Trinajstić information content (AvgIpc) is 3.31. The number of nitrogens with one attached hydrogen (secondary N) is 1. The van der Waals surface area contributed by atoms with E-state index in [1.54, 1.807) is 41.7 Å². The SMILES string of the molecule is Cc1nc(-c2cccs2)ccc1C(=O)Nc1ccc(N2CCCS2(=O)=O)cc1. The van der Waals surface area contributed by atoms with Crippen LogP contribution in [0.5, 0.6) is 0 Å². The van der Waals surface area contributed by atoms with Crippen LogP contribution >= 0.6 is 11.3 Å². The quantitative estimate of drug-likeness (QED) is 0.703. The molecule has 6 nitrogen and oxygen atoms in total. The lowest BCUT2D eigenvalue weighted by molar-refractivity contribution is 0.102. The minimum Gasteiger partial charge on any atom is -0.322 e. The predicted molar refractivity (Wildman–Crippen MR) is 112 cm³/mol. The van der Waals surface area contributed by atoms with E-state index in [-0.39, 0.29) is 11.7 Å². The number of hydrogen-bond donors (Lipinski definition) is 1. The maximum atomic E-state index is 12.6. The number of sulfonamides is 1. The second-order valence-corrected chi connectivity index (χ2v) is 9.51. The number of thiophene rings is 1. The summed E-state index contributed by atoms with van der Waals surface area (Å²) in [5, 5.41) is 4.84. The minimum atomic E-state index is -3.21. The lowest BCUT2D eigenvalue weighted by Crippen LogP contribution is -2.25. The molecule has 28 heavy (non-hydrogen) atoms. The number of anilines is 2. The van der Waals surface area contributed by atoms with E-state index in [0.717, 1.165) is 10.6 Å². The molecule has 0 spiro atoms. The van der Waals surface area contributed by atoms with Crippen molar-refractivity contribution >= 4 is 38.6 Å². The van der Waals surface area contributed by atoms with Crippen molar-refractivity contribution in [3.8, 4) is 10.6 Å². The molecule has 3 heterocycles. The zero-order valence-corrected chi connectivity index (χ0v) is 16.9. The fraction of sp³-hybridized carbons (Fsp3) is 0.200. The third-order valence-corrected chi connectivity index (χ3v) is 7.38. The van der Waals surface area contributed by atoms with Gasteiger partial charge in [0.2, 0.25) is 10.0 Å². The molecular formula is C20H19N3O3S2. The molecule has 144 valence electrons. The molecule has 3 aromatic rings. The predicted octanol–water partition coefficient (Wildman–Crippen LogP) is 3.91.